The average molecular weight is 271 g/mol. The Bertz CT molecular complexity index is 290. The van der Waals surface area contributed by atoms with Crippen LogP contribution in [0.3, 0.4) is 0 Å². The summed E-state index contributed by atoms with van der Waals surface area (Å²) in [5.41, 5.74) is 4.91. The van der Waals surface area contributed by atoms with E-state index in [1.165, 1.54) is 0 Å². The van der Waals surface area contributed by atoms with Gasteiger partial charge >= 0.3 is 0 Å². The molecule has 1 amide bonds. The molecular formula is C14H29N3O2. The van der Waals surface area contributed by atoms with Gasteiger partial charge in [-0.3, -0.25) is 4.79 Å². The molecule has 1 saturated heterocycles. The number of rotatable bonds is 7. The first-order valence-corrected chi connectivity index (χ1v) is 7.21. The van der Waals surface area contributed by atoms with Gasteiger partial charge in [-0.1, -0.05) is 0 Å². The zero-order valence-electron chi connectivity index (χ0n) is 12.7. The molecule has 19 heavy (non-hydrogen) atoms. The van der Waals surface area contributed by atoms with Crippen LogP contribution in [0.25, 0.3) is 0 Å². The SMILES string of the molecule is CC(C)NC(C)(CCN(C)C1CCOCC1)C(N)=O. The molecule has 1 atom stereocenters. The summed E-state index contributed by atoms with van der Waals surface area (Å²) in [4.78, 5) is 14.0. The molecule has 1 unspecified atom stereocenters. The van der Waals surface area contributed by atoms with E-state index in [2.05, 4.69) is 17.3 Å². The van der Waals surface area contributed by atoms with E-state index < -0.39 is 5.54 Å². The molecule has 0 aromatic heterocycles. The topological polar surface area (TPSA) is 67.6 Å². The summed E-state index contributed by atoms with van der Waals surface area (Å²) in [6.45, 7) is 8.50. The summed E-state index contributed by atoms with van der Waals surface area (Å²) in [7, 11) is 2.12. The predicted octanol–water partition coefficient (Wildman–Crippen LogP) is 0.729. The molecule has 3 N–H and O–H groups in total. The molecule has 0 saturated carbocycles. The maximum atomic E-state index is 11.7. The van der Waals surface area contributed by atoms with Gasteiger partial charge in [-0.25, -0.2) is 0 Å². The lowest BCUT2D eigenvalue weighted by atomic mass is 9.95. The van der Waals surface area contributed by atoms with Crippen molar-refractivity contribution in [2.24, 2.45) is 5.73 Å². The summed E-state index contributed by atoms with van der Waals surface area (Å²) < 4.78 is 5.37. The molecule has 112 valence electrons. The molecule has 1 aliphatic rings. The van der Waals surface area contributed by atoms with E-state index in [1.54, 1.807) is 0 Å². The number of amides is 1. The van der Waals surface area contributed by atoms with Crippen molar-refractivity contribution < 1.29 is 9.53 Å². The van der Waals surface area contributed by atoms with Crippen LogP contribution in [-0.4, -0.2) is 55.2 Å². The Hall–Kier alpha value is -0.650. The second-order valence-corrected chi connectivity index (χ2v) is 6.07. The number of primary amides is 1. The number of nitrogens with one attached hydrogen (secondary N) is 1. The van der Waals surface area contributed by atoms with Gasteiger partial charge in [0.2, 0.25) is 5.91 Å². The van der Waals surface area contributed by atoms with Crippen molar-refractivity contribution in [3.63, 3.8) is 0 Å². The summed E-state index contributed by atoms with van der Waals surface area (Å²) in [5, 5.41) is 3.29. The number of carbonyl (C=O) groups is 1. The number of hydrogen-bond acceptors (Lipinski definition) is 4. The van der Waals surface area contributed by atoms with Crippen molar-refractivity contribution in [1.29, 1.82) is 0 Å². The predicted molar refractivity (Wildman–Crippen MR) is 77.0 cm³/mol. The first-order chi connectivity index (χ1) is 8.85. The van der Waals surface area contributed by atoms with Crippen LogP contribution in [0.15, 0.2) is 0 Å². The molecule has 0 bridgehead atoms. The van der Waals surface area contributed by atoms with Crippen LogP contribution >= 0.6 is 0 Å². The third kappa shape index (κ3) is 5.09. The fourth-order valence-electron chi connectivity index (χ4n) is 2.61. The molecule has 0 aromatic rings. The van der Waals surface area contributed by atoms with Crippen molar-refractivity contribution in [1.82, 2.24) is 10.2 Å². The molecular weight excluding hydrogens is 242 g/mol. The fraction of sp³-hybridized carbons (Fsp3) is 0.929. The first-order valence-electron chi connectivity index (χ1n) is 7.21. The van der Waals surface area contributed by atoms with Crippen molar-refractivity contribution in [3.8, 4) is 0 Å². The Morgan fingerprint density at radius 1 is 1.47 bits per heavy atom. The summed E-state index contributed by atoms with van der Waals surface area (Å²) in [6.07, 6.45) is 2.87. The van der Waals surface area contributed by atoms with Crippen LogP contribution < -0.4 is 11.1 Å². The molecule has 5 heteroatoms. The molecule has 1 heterocycles. The van der Waals surface area contributed by atoms with Gasteiger partial charge in [0.05, 0.1) is 5.54 Å². The van der Waals surface area contributed by atoms with E-state index in [9.17, 15) is 4.79 Å². The molecule has 0 aliphatic carbocycles. The highest BCUT2D eigenvalue weighted by Gasteiger charge is 2.32. The third-order valence-corrected chi connectivity index (χ3v) is 3.93. The normalized spacial score (nSPS) is 20.7. The Labute approximate surface area is 116 Å². The largest absolute Gasteiger partial charge is 0.381 e. The number of hydrogen-bond donors (Lipinski definition) is 2. The van der Waals surface area contributed by atoms with Gasteiger partial charge in [0.15, 0.2) is 0 Å². The Morgan fingerprint density at radius 3 is 2.53 bits per heavy atom. The second-order valence-electron chi connectivity index (χ2n) is 6.07. The van der Waals surface area contributed by atoms with E-state index in [0.29, 0.717) is 6.04 Å². The Balaban J connectivity index is 2.48. The third-order valence-electron chi connectivity index (χ3n) is 3.93. The number of ether oxygens (including phenoxy) is 1. The lowest BCUT2D eigenvalue weighted by Gasteiger charge is -2.35. The van der Waals surface area contributed by atoms with Crippen LogP contribution in [0.2, 0.25) is 0 Å². The van der Waals surface area contributed by atoms with Crippen molar-refractivity contribution in [2.75, 3.05) is 26.8 Å². The summed E-state index contributed by atoms with van der Waals surface area (Å²) >= 11 is 0. The molecule has 0 radical (unpaired) electrons. The number of nitrogens with zero attached hydrogens (tertiary/aromatic N) is 1. The van der Waals surface area contributed by atoms with Crippen LogP contribution in [-0.2, 0) is 9.53 Å². The van der Waals surface area contributed by atoms with Gasteiger partial charge in [-0.2, -0.15) is 0 Å². The van der Waals surface area contributed by atoms with Gasteiger partial charge in [0.25, 0.3) is 0 Å². The minimum Gasteiger partial charge on any atom is -0.381 e. The summed E-state index contributed by atoms with van der Waals surface area (Å²) in [5.74, 6) is -0.276. The molecule has 1 aliphatic heterocycles. The monoisotopic (exact) mass is 271 g/mol. The quantitative estimate of drug-likeness (QED) is 0.716. The van der Waals surface area contributed by atoms with Crippen molar-refractivity contribution in [3.05, 3.63) is 0 Å². The highest BCUT2D eigenvalue weighted by atomic mass is 16.5. The molecule has 1 fully saturated rings. The minimum atomic E-state index is -0.631. The highest BCUT2D eigenvalue weighted by Crippen LogP contribution is 2.16. The van der Waals surface area contributed by atoms with E-state index in [0.717, 1.165) is 39.0 Å². The van der Waals surface area contributed by atoms with Crippen LogP contribution in [0.1, 0.15) is 40.0 Å². The van der Waals surface area contributed by atoms with E-state index in [4.69, 9.17) is 10.5 Å². The maximum Gasteiger partial charge on any atom is 0.237 e. The fourth-order valence-corrected chi connectivity index (χ4v) is 2.61. The van der Waals surface area contributed by atoms with E-state index in [-0.39, 0.29) is 11.9 Å². The van der Waals surface area contributed by atoms with Gasteiger partial charge in [-0.15, -0.1) is 0 Å². The number of nitrogens with two attached hydrogens (primary N) is 1. The lowest BCUT2D eigenvalue weighted by Crippen LogP contribution is -2.57. The molecule has 0 spiro atoms. The maximum absolute atomic E-state index is 11.7. The summed E-state index contributed by atoms with van der Waals surface area (Å²) in [6, 6.07) is 0.802. The lowest BCUT2D eigenvalue weighted by molar-refractivity contribution is -0.124. The van der Waals surface area contributed by atoms with Crippen molar-refractivity contribution in [2.45, 2.75) is 57.7 Å². The van der Waals surface area contributed by atoms with Crippen LogP contribution in [0.4, 0.5) is 0 Å². The molecule has 0 aromatic carbocycles. The van der Waals surface area contributed by atoms with Gasteiger partial charge in [-0.05, 0) is 47.1 Å². The minimum absolute atomic E-state index is 0.242. The van der Waals surface area contributed by atoms with Gasteiger partial charge in [0, 0.05) is 31.8 Å². The average Bonchev–Trinajstić information content (AvgIpc) is 2.36. The Morgan fingerprint density at radius 2 is 2.05 bits per heavy atom. The van der Waals surface area contributed by atoms with Crippen LogP contribution in [0.5, 0.6) is 0 Å². The first kappa shape index (κ1) is 16.4. The van der Waals surface area contributed by atoms with E-state index >= 15 is 0 Å². The zero-order chi connectivity index (χ0) is 14.5. The molecule has 5 nitrogen and oxygen atoms in total. The zero-order valence-corrected chi connectivity index (χ0v) is 12.7. The van der Waals surface area contributed by atoms with Gasteiger partial charge in [0.1, 0.15) is 0 Å². The highest BCUT2D eigenvalue weighted by molar-refractivity contribution is 5.84. The van der Waals surface area contributed by atoms with E-state index in [1.807, 2.05) is 20.8 Å². The number of carbonyl (C=O) groups excluding carboxylic acids is 1. The van der Waals surface area contributed by atoms with Gasteiger partial charge < -0.3 is 20.7 Å². The molecule has 1 rings (SSSR count). The smallest absolute Gasteiger partial charge is 0.237 e. The van der Waals surface area contributed by atoms with Crippen molar-refractivity contribution >= 4 is 5.91 Å². The van der Waals surface area contributed by atoms with Crippen LogP contribution in [0, 0.1) is 0 Å². The Kier molecular flexibility index (Phi) is 6.23. The standard InChI is InChI=1S/C14H29N3O2/c1-11(2)16-14(3,13(15)18)7-8-17(4)12-5-9-19-10-6-12/h11-12,16H,5-10H2,1-4H3,(H2,15,18). The second kappa shape index (κ2) is 7.22.